The summed E-state index contributed by atoms with van der Waals surface area (Å²) < 4.78 is 11.7. The number of carbonyl (C=O) groups is 1. The van der Waals surface area contributed by atoms with Crippen molar-refractivity contribution in [1.29, 1.82) is 5.26 Å². The lowest BCUT2D eigenvalue weighted by Gasteiger charge is -2.31. The van der Waals surface area contributed by atoms with E-state index in [1.807, 2.05) is 12.1 Å². The molecule has 0 amide bonds. The quantitative estimate of drug-likeness (QED) is 0.688. The number of benzene rings is 2. The van der Waals surface area contributed by atoms with Crippen molar-refractivity contribution in [3.63, 3.8) is 0 Å². The number of allylic oxidation sites excluding steroid dienone is 3. The van der Waals surface area contributed by atoms with Crippen LogP contribution in [-0.2, 0) is 16.1 Å². The molecule has 152 valence electrons. The second-order valence-corrected chi connectivity index (χ2v) is 8.01. The van der Waals surface area contributed by atoms with Crippen LogP contribution in [0, 0.1) is 11.3 Å². The van der Waals surface area contributed by atoms with Gasteiger partial charge in [-0.1, -0.05) is 35.3 Å². The molecule has 5 nitrogen and oxygen atoms in total. The molecule has 2 aromatic carbocycles. The minimum absolute atomic E-state index is 0.0135. The van der Waals surface area contributed by atoms with Gasteiger partial charge in [0.05, 0.1) is 5.92 Å². The number of hydrogen-bond donors (Lipinski definition) is 1. The first-order chi connectivity index (χ1) is 14.5. The van der Waals surface area contributed by atoms with Gasteiger partial charge in [0.2, 0.25) is 5.88 Å². The first-order valence-electron chi connectivity index (χ1n) is 9.48. The van der Waals surface area contributed by atoms with Crippen LogP contribution in [0.5, 0.6) is 5.75 Å². The Kier molecular flexibility index (Phi) is 5.72. The van der Waals surface area contributed by atoms with Crippen molar-refractivity contribution in [2.75, 3.05) is 0 Å². The maximum atomic E-state index is 12.8. The van der Waals surface area contributed by atoms with Crippen molar-refractivity contribution in [2.45, 2.75) is 31.8 Å². The van der Waals surface area contributed by atoms with Crippen LogP contribution in [0.4, 0.5) is 0 Å². The van der Waals surface area contributed by atoms with Gasteiger partial charge >= 0.3 is 0 Å². The SMILES string of the molecule is N#CC1=C(N)OC2=C(C(=O)CCC2)[C@@H]1c1cc(Cl)ccc1OCc1ccc(Cl)cc1. The third-order valence-corrected chi connectivity index (χ3v) is 5.68. The molecular weight excluding hydrogens is 423 g/mol. The lowest BCUT2D eigenvalue weighted by Crippen LogP contribution is -2.27. The Balaban J connectivity index is 1.77. The zero-order chi connectivity index (χ0) is 21.3. The number of nitrogens with zero attached hydrogens (tertiary/aromatic N) is 1. The Labute approximate surface area is 184 Å². The number of hydrogen-bond acceptors (Lipinski definition) is 5. The maximum Gasteiger partial charge on any atom is 0.205 e. The monoisotopic (exact) mass is 440 g/mol. The van der Waals surface area contributed by atoms with Crippen molar-refractivity contribution in [1.82, 2.24) is 0 Å². The fourth-order valence-electron chi connectivity index (χ4n) is 3.79. The number of ether oxygens (including phenoxy) is 2. The highest BCUT2D eigenvalue weighted by Crippen LogP contribution is 2.46. The molecule has 0 bridgehead atoms. The summed E-state index contributed by atoms with van der Waals surface area (Å²) in [6, 6.07) is 14.6. The molecule has 4 rings (SSSR count). The van der Waals surface area contributed by atoms with E-state index in [4.69, 9.17) is 38.4 Å². The minimum Gasteiger partial charge on any atom is -0.489 e. The molecule has 30 heavy (non-hydrogen) atoms. The molecular formula is C23H18Cl2N2O3. The Hall–Kier alpha value is -2.94. The van der Waals surface area contributed by atoms with Crippen molar-refractivity contribution >= 4 is 29.0 Å². The van der Waals surface area contributed by atoms with E-state index in [0.717, 1.165) is 5.56 Å². The number of Topliss-reactive ketones (excluding diaryl/α,β-unsaturated/α-hetero) is 1. The normalized spacial score (nSPS) is 18.6. The summed E-state index contributed by atoms with van der Waals surface area (Å²) in [6.07, 6.45) is 1.69. The van der Waals surface area contributed by atoms with E-state index >= 15 is 0 Å². The van der Waals surface area contributed by atoms with Crippen molar-refractivity contribution in [2.24, 2.45) is 5.73 Å². The minimum atomic E-state index is -0.675. The van der Waals surface area contributed by atoms with Gasteiger partial charge in [-0.25, -0.2) is 0 Å². The van der Waals surface area contributed by atoms with Crippen LogP contribution in [0.15, 0.2) is 65.3 Å². The second-order valence-electron chi connectivity index (χ2n) is 7.14. The van der Waals surface area contributed by atoms with Crippen LogP contribution < -0.4 is 10.5 Å². The summed E-state index contributed by atoms with van der Waals surface area (Å²) in [5.41, 5.74) is 8.23. The van der Waals surface area contributed by atoms with Gasteiger partial charge in [0.1, 0.15) is 29.8 Å². The summed E-state index contributed by atoms with van der Waals surface area (Å²) in [7, 11) is 0. The van der Waals surface area contributed by atoms with Crippen LogP contribution >= 0.6 is 23.2 Å². The Bertz CT molecular complexity index is 1110. The van der Waals surface area contributed by atoms with Gasteiger partial charge < -0.3 is 15.2 Å². The maximum absolute atomic E-state index is 12.8. The van der Waals surface area contributed by atoms with E-state index < -0.39 is 5.92 Å². The lowest BCUT2D eigenvalue weighted by atomic mass is 9.77. The molecule has 1 aliphatic carbocycles. The standard InChI is InChI=1S/C23H18Cl2N2O3/c24-14-6-4-13(5-7-14)12-29-19-9-8-15(25)10-16(19)21-17(11-26)23(27)30-20-3-1-2-18(28)22(20)21/h4-10,21H,1-3,12,27H2/t21-/m1/s1. The smallest absolute Gasteiger partial charge is 0.205 e. The predicted octanol–water partition coefficient (Wildman–Crippen LogP) is 5.39. The second kappa shape index (κ2) is 8.43. The Morgan fingerprint density at radius 3 is 2.60 bits per heavy atom. The summed E-state index contributed by atoms with van der Waals surface area (Å²) >= 11 is 12.2. The van der Waals surface area contributed by atoms with Crippen LogP contribution in [-0.4, -0.2) is 5.78 Å². The molecule has 0 saturated heterocycles. The van der Waals surface area contributed by atoms with Gasteiger partial charge in [-0.2, -0.15) is 5.26 Å². The number of halogens is 2. The van der Waals surface area contributed by atoms with E-state index in [1.165, 1.54) is 0 Å². The number of ketones is 1. The fraction of sp³-hybridized carbons (Fsp3) is 0.217. The largest absolute Gasteiger partial charge is 0.489 e. The summed E-state index contributed by atoms with van der Waals surface area (Å²) in [4.78, 5) is 12.8. The van der Waals surface area contributed by atoms with Crippen LogP contribution in [0.25, 0.3) is 0 Å². The molecule has 2 aromatic rings. The topological polar surface area (TPSA) is 85.3 Å². The summed E-state index contributed by atoms with van der Waals surface area (Å²) in [5, 5.41) is 10.9. The molecule has 2 N–H and O–H groups in total. The molecule has 0 aromatic heterocycles. The first kappa shape index (κ1) is 20.3. The van der Waals surface area contributed by atoms with E-state index in [1.54, 1.807) is 30.3 Å². The predicted molar refractivity (Wildman–Crippen MR) is 114 cm³/mol. The van der Waals surface area contributed by atoms with Gasteiger partial charge in [0.15, 0.2) is 5.78 Å². The summed E-state index contributed by atoms with van der Waals surface area (Å²) in [6.45, 7) is 0.288. The molecule has 0 saturated carbocycles. The molecule has 1 atom stereocenters. The number of rotatable bonds is 4. The lowest BCUT2D eigenvalue weighted by molar-refractivity contribution is -0.116. The average molecular weight is 441 g/mol. The summed E-state index contributed by atoms with van der Waals surface area (Å²) in [5.74, 6) is 0.332. The molecule has 0 radical (unpaired) electrons. The Morgan fingerprint density at radius 1 is 1.13 bits per heavy atom. The Morgan fingerprint density at radius 2 is 1.87 bits per heavy atom. The first-order valence-corrected chi connectivity index (χ1v) is 10.2. The van der Waals surface area contributed by atoms with Crippen LogP contribution in [0.2, 0.25) is 10.0 Å². The zero-order valence-electron chi connectivity index (χ0n) is 16.0. The highest BCUT2D eigenvalue weighted by molar-refractivity contribution is 6.31. The molecule has 7 heteroatoms. The van der Waals surface area contributed by atoms with Crippen molar-refractivity contribution < 1.29 is 14.3 Å². The molecule has 0 fully saturated rings. The molecule has 0 spiro atoms. The number of nitriles is 1. The van der Waals surface area contributed by atoms with Gasteiger partial charge in [-0.3, -0.25) is 4.79 Å². The van der Waals surface area contributed by atoms with Crippen molar-refractivity contribution in [3.8, 4) is 11.8 Å². The van der Waals surface area contributed by atoms with E-state index in [0.29, 0.717) is 52.0 Å². The van der Waals surface area contributed by atoms with Gasteiger partial charge in [-0.15, -0.1) is 0 Å². The van der Waals surface area contributed by atoms with E-state index in [2.05, 4.69) is 6.07 Å². The average Bonchev–Trinajstić information content (AvgIpc) is 2.73. The number of nitrogens with two attached hydrogens (primary N) is 1. The van der Waals surface area contributed by atoms with Crippen LogP contribution in [0.1, 0.15) is 36.3 Å². The van der Waals surface area contributed by atoms with Crippen molar-refractivity contribution in [3.05, 3.63) is 86.4 Å². The zero-order valence-corrected chi connectivity index (χ0v) is 17.5. The van der Waals surface area contributed by atoms with E-state index in [9.17, 15) is 10.1 Å². The third kappa shape index (κ3) is 3.89. The van der Waals surface area contributed by atoms with Gasteiger partial charge in [-0.05, 0) is 42.3 Å². The molecule has 2 aliphatic rings. The number of carbonyl (C=O) groups excluding carboxylic acids is 1. The molecule has 1 aliphatic heterocycles. The van der Waals surface area contributed by atoms with Crippen LogP contribution in [0.3, 0.4) is 0 Å². The fourth-order valence-corrected chi connectivity index (χ4v) is 4.09. The third-order valence-electron chi connectivity index (χ3n) is 5.20. The molecule has 0 unspecified atom stereocenters. The van der Waals surface area contributed by atoms with Gasteiger partial charge in [0, 0.05) is 34.0 Å². The van der Waals surface area contributed by atoms with Gasteiger partial charge in [0.25, 0.3) is 0 Å². The highest BCUT2D eigenvalue weighted by atomic mass is 35.5. The highest BCUT2D eigenvalue weighted by Gasteiger charge is 2.39. The molecule has 1 heterocycles. The van der Waals surface area contributed by atoms with E-state index in [-0.39, 0.29) is 23.8 Å².